The highest BCUT2D eigenvalue weighted by Gasteiger charge is 2.32. The number of hydrogen-bond donors (Lipinski definition) is 1. The number of hydrazone groups is 1. The summed E-state index contributed by atoms with van der Waals surface area (Å²) in [4.78, 5) is 20.1. The molecule has 1 N–H and O–H groups in total. The van der Waals surface area contributed by atoms with E-state index in [1.165, 1.54) is 6.26 Å². The minimum Gasteiger partial charge on any atom is -0.497 e. The maximum Gasteiger partial charge on any atom is 0.271 e. The fraction of sp³-hybridized carbons (Fsp3) is 0.120. The molecule has 0 saturated carbocycles. The molecule has 0 aliphatic carbocycles. The topological polar surface area (TPSA) is 108 Å². The van der Waals surface area contributed by atoms with Gasteiger partial charge < -0.3 is 9.15 Å². The summed E-state index contributed by atoms with van der Waals surface area (Å²) in [5.41, 5.74) is 2.35. The van der Waals surface area contributed by atoms with Crippen molar-refractivity contribution in [1.29, 1.82) is 5.26 Å². The third-order valence-corrected chi connectivity index (χ3v) is 5.51. The monoisotopic (exact) mass is 437 g/mol. The summed E-state index contributed by atoms with van der Waals surface area (Å²) >= 11 is 0. The van der Waals surface area contributed by atoms with Crippen LogP contribution in [0.1, 0.15) is 29.2 Å². The van der Waals surface area contributed by atoms with Crippen LogP contribution in [-0.4, -0.2) is 22.8 Å². The highest BCUT2D eigenvalue weighted by molar-refractivity contribution is 6.03. The number of aromatic nitrogens is 2. The lowest BCUT2D eigenvalue weighted by molar-refractivity contribution is 0.414. The normalized spacial score (nSPS) is 15.2. The second-order valence-electron chi connectivity index (χ2n) is 7.45. The minimum absolute atomic E-state index is 0.110. The average Bonchev–Trinajstić information content (AvgIpc) is 3.55. The number of nitrogens with one attached hydrogen (secondary N) is 1. The quantitative estimate of drug-likeness (QED) is 0.500. The first kappa shape index (κ1) is 20.3. The Morgan fingerprint density at radius 1 is 1.12 bits per heavy atom. The van der Waals surface area contributed by atoms with Gasteiger partial charge in [-0.2, -0.15) is 10.4 Å². The third kappa shape index (κ3) is 3.77. The Bertz CT molecular complexity index is 1400. The van der Waals surface area contributed by atoms with Gasteiger partial charge in [0.25, 0.3) is 5.56 Å². The van der Waals surface area contributed by atoms with E-state index in [-0.39, 0.29) is 23.2 Å². The molecule has 33 heavy (non-hydrogen) atoms. The number of nitriles is 1. The number of anilines is 1. The van der Waals surface area contributed by atoms with Crippen molar-refractivity contribution in [3.8, 4) is 23.3 Å². The molecule has 1 unspecified atom stereocenters. The zero-order valence-electron chi connectivity index (χ0n) is 17.7. The Morgan fingerprint density at radius 3 is 2.58 bits per heavy atom. The van der Waals surface area contributed by atoms with E-state index in [2.05, 4.69) is 9.97 Å². The van der Waals surface area contributed by atoms with Gasteiger partial charge in [0.05, 0.1) is 25.1 Å². The van der Waals surface area contributed by atoms with Gasteiger partial charge in [-0.15, -0.1) is 0 Å². The third-order valence-electron chi connectivity index (χ3n) is 5.51. The average molecular weight is 437 g/mol. The second-order valence-corrected chi connectivity index (χ2v) is 7.45. The highest BCUT2D eigenvalue weighted by Crippen LogP contribution is 2.36. The lowest BCUT2D eigenvalue weighted by Gasteiger charge is -2.23. The van der Waals surface area contributed by atoms with Crippen molar-refractivity contribution in [3.05, 3.63) is 100 Å². The van der Waals surface area contributed by atoms with Crippen molar-refractivity contribution in [2.24, 2.45) is 5.10 Å². The largest absolute Gasteiger partial charge is 0.497 e. The first-order valence-corrected chi connectivity index (χ1v) is 10.3. The van der Waals surface area contributed by atoms with Gasteiger partial charge in [-0.25, -0.2) is 9.99 Å². The standard InChI is InChI=1S/C25H19N5O3/c1-32-18-11-9-17(10-12-18)21-14-20(16-6-3-2-4-7-16)29-30(21)25-27-23(22-8-5-13-33-22)19(15-26)24(31)28-25/h2-13,21H,14H2,1H3,(H,27,28,31). The van der Waals surface area contributed by atoms with Crippen LogP contribution in [0.3, 0.4) is 0 Å². The number of aromatic amines is 1. The van der Waals surface area contributed by atoms with Crippen LogP contribution >= 0.6 is 0 Å². The van der Waals surface area contributed by atoms with Gasteiger partial charge in [-0.05, 0) is 35.4 Å². The predicted molar refractivity (Wildman–Crippen MR) is 123 cm³/mol. The van der Waals surface area contributed by atoms with E-state index in [0.29, 0.717) is 12.2 Å². The van der Waals surface area contributed by atoms with Crippen LogP contribution in [-0.2, 0) is 0 Å². The van der Waals surface area contributed by atoms with Crippen molar-refractivity contribution in [3.63, 3.8) is 0 Å². The molecular formula is C25H19N5O3. The Hall–Kier alpha value is -4.64. The number of furan rings is 1. The van der Waals surface area contributed by atoms with Gasteiger partial charge in [-0.1, -0.05) is 42.5 Å². The van der Waals surface area contributed by atoms with Gasteiger partial charge in [0.15, 0.2) is 5.76 Å². The Kier molecular flexibility index (Phi) is 5.21. The van der Waals surface area contributed by atoms with Gasteiger partial charge in [0.1, 0.15) is 23.1 Å². The lowest BCUT2D eigenvalue weighted by Crippen LogP contribution is -2.25. The minimum atomic E-state index is -0.550. The molecule has 0 spiro atoms. The molecule has 3 heterocycles. The lowest BCUT2D eigenvalue weighted by atomic mass is 9.98. The summed E-state index contributed by atoms with van der Waals surface area (Å²) in [5.74, 6) is 1.32. The fourth-order valence-electron chi connectivity index (χ4n) is 3.86. The number of rotatable bonds is 5. The van der Waals surface area contributed by atoms with Crippen LogP contribution in [0.15, 0.2) is 87.3 Å². The number of benzene rings is 2. The van der Waals surface area contributed by atoms with E-state index in [9.17, 15) is 10.1 Å². The molecule has 5 rings (SSSR count). The van der Waals surface area contributed by atoms with Crippen molar-refractivity contribution in [2.75, 3.05) is 12.1 Å². The van der Waals surface area contributed by atoms with Gasteiger partial charge in [-0.3, -0.25) is 9.78 Å². The maximum atomic E-state index is 12.8. The van der Waals surface area contributed by atoms with Gasteiger partial charge in [0, 0.05) is 6.42 Å². The molecule has 8 heteroatoms. The molecule has 4 aromatic rings. The molecule has 1 aliphatic heterocycles. The van der Waals surface area contributed by atoms with Gasteiger partial charge >= 0.3 is 0 Å². The molecule has 0 radical (unpaired) electrons. The van der Waals surface area contributed by atoms with Crippen LogP contribution in [0.5, 0.6) is 5.75 Å². The molecule has 1 aliphatic rings. The molecule has 2 aromatic heterocycles. The first-order valence-electron chi connectivity index (χ1n) is 10.3. The summed E-state index contributed by atoms with van der Waals surface area (Å²) in [6, 6.07) is 22.6. The number of nitrogens with zero attached hydrogens (tertiary/aromatic N) is 4. The molecule has 0 bridgehead atoms. The summed E-state index contributed by atoms with van der Waals surface area (Å²) < 4.78 is 10.7. The summed E-state index contributed by atoms with van der Waals surface area (Å²) in [5, 5.41) is 16.0. The molecule has 8 nitrogen and oxygen atoms in total. The number of ether oxygens (including phenoxy) is 1. The molecule has 2 aromatic carbocycles. The van der Waals surface area contributed by atoms with E-state index in [1.54, 1.807) is 24.3 Å². The van der Waals surface area contributed by atoms with Crippen molar-refractivity contribution < 1.29 is 9.15 Å². The molecule has 0 amide bonds. The van der Waals surface area contributed by atoms with Gasteiger partial charge in [0.2, 0.25) is 5.95 Å². The summed E-state index contributed by atoms with van der Waals surface area (Å²) in [7, 11) is 1.62. The Morgan fingerprint density at radius 2 is 1.91 bits per heavy atom. The molecule has 0 saturated heterocycles. The molecular weight excluding hydrogens is 418 g/mol. The SMILES string of the molecule is COc1ccc(C2CC(c3ccccc3)=NN2c2nc(-c3ccco3)c(C#N)c(=O)[nH]2)cc1. The Balaban J connectivity index is 1.64. The van der Waals surface area contributed by atoms with E-state index in [1.807, 2.05) is 60.7 Å². The predicted octanol–water partition coefficient (Wildman–Crippen LogP) is 4.27. The summed E-state index contributed by atoms with van der Waals surface area (Å²) in [6.45, 7) is 0. The van der Waals surface area contributed by atoms with Crippen molar-refractivity contribution in [2.45, 2.75) is 12.5 Å². The number of hydrogen-bond acceptors (Lipinski definition) is 7. The van der Waals surface area contributed by atoms with Crippen LogP contribution in [0, 0.1) is 11.3 Å². The second kappa shape index (κ2) is 8.48. The van der Waals surface area contributed by atoms with E-state index in [0.717, 1.165) is 22.6 Å². The highest BCUT2D eigenvalue weighted by atomic mass is 16.5. The number of methoxy groups -OCH3 is 1. The van der Waals surface area contributed by atoms with E-state index >= 15 is 0 Å². The van der Waals surface area contributed by atoms with Crippen LogP contribution in [0.4, 0.5) is 5.95 Å². The Labute approximate surface area is 189 Å². The zero-order valence-corrected chi connectivity index (χ0v) is 17.7. The smallest absolute Gasteiger partial charge is 0.271 e. The maximum absolute atomic E-state index is 12.8. The molecule has 0 fully saturated rings. The van der Waals surface area contributed by atoms with Crippen molar-refractivity contribution in [1.82, 2.24) is 9.97 Å². The van der Waals surface area contributed by atoms with Crippen LogP contribution in [0.2, 0.25) is 0 Å². The van der Waals surface area contributed by atoms with E-state index < -0.39 is 5.56 Å². The fourth-order valence-corrected chi connectivity index (χ4v) is 3.86. The summed E-state index contributed by atoms with van der Waals surface area (Å²) in [6.07, 6.45) is 2.08. The van der Waals surface area contributed by atoms with E-state index in [4.69, 9.17) is 14.3 Å². The van der Waals surface area contributed by atoms with Crippen molar-refractivity contribution >= 4 is 11.7 Å². The zero-order chi connectivity index (χ0) is 22.8. The number of H-pyrrole nitrogens is 1. The van der Waals surface area contributed by atoms with Crippen LogP contribution < -0.4 is 15.3 Å². The molecule has 1 atom stereocenters. The molecule has 162 valence electrons. The first-order chi connectivity index (χ1) is 16.2. The van der Waals surface area contributed by atoms with Crippen LogP contribution in [0.25, 0.3) is 11.5 Å².